The van der Waals surface area contributed by atoms with Crippen molar-refractivity contribution in [2.75, 3.05) is 6.54 Å². The third-order valence-corrected chi connectivity index (χ3v) is 4.76. The van der Waals surface area contributed by atoms with Crippen molar-refractivity contribution in [3.63, 3.8) is 0 Å². The summed E-state index contributed by atoms with van der Waals surface area (Å²) >= 11 is 0. The molecule has 0 unspecified atom stereocenters. The van der Waals surface area contributed by atoms with Crippen LogP contribution in [0.2, 0.25) is 0 Å². The maximum Gasteiger partial charge on any atom is 0.310 e. The molecule has 0 aliphatic rings. The SMILES string of the molecule is CCC(CC)(CNCc1ccc(-c2cccc(F)c2C)o1)C(=O)O. The van der Waals surface area contributed by atoms with E-state index in [1.807, 2.05) is 32.0 Å². The van der Waals surface area contributed by atoms with Gasteiger partial charge in [-0.1, -0.05) is 26.0 Å². The molecule has 24 heavy (non-hydrogen) atoms. The number of rotatable bonds is 8. The molecule has 0 saturated heterocycles. The number of halogens is 1. The van der Waals surface area contributed by atoms with Crippen molar-refractivity contribution in [2.24, 2.45) is 5.41 Å². The van der Waals surface area contributed by atoms with Gasteiger partial charge in [-0.2, -0.15) is 0 Å². The van der Waals surface area contributed by atoms with E-state index in [0.29, 0.717) is 43.0 Å². The van der Waals surface area contributed by atoms with Gasteiger partial charge in [0.15, 0.2) is 0 Å². The Kier molecular flexibility index (Phi) is 5.78. The van der Waals surface area contributed by atoms with Crippen LogP contribution in [0, 0.1) is 18.2 Å². The average molecular weight is 333 g/mol. The Balaban J connectivity index is 2.04. The number of furan rings is 1. The lowest BCUT2D eigenvalue weighted by atomic mass is 9.82. The molecule has 1 aromatic heterocycles. The third kappa shape index (κ3) is 3.67. The van der Waals surface area contributed by atoms with E-state index < -0.39 is 11.4 Å². The molecule has 0 saturated carbocycles. The Hall–Kier alpha value is -2.14. The summed E-state index contributed by atoms with van der Waals surface area (Å²) in [6, 6.07) is 8.53. The zero-order valence-electron chi connectivity index (χ0n) is 14.4. The second kappa shape index (κ2) is 7.62. The first kappa shape index (κ1) is 18.2. The van der Waals surface area contributed by atoms with Crippen LogP contribution in [0.25, 0.3) is 11.3 Å². The van der Waals surface area contributed by atoms with E-state index in [0.717, 1.165) is 5.56 Å². The summed E-state index contributed by atoms with van der Waals surface area (Å²) < 4.78 is 19.4. The van der Waals surface area contributed by atoms with Crippen molar-refractivity contribution < 1.29 is 18.7 Å². The molecule has 2 rings (SSSR count). The number of carboxylic acids is 1. The van der Waals surface area contributed by atoms with Gasteiger partial charge in [0.1, 0.15) is 17.3 Å². The second-order valence-corrected chi connectivity index (χ2v) is 6.07. The molecule has 0 aliphatic carbocycles. The second-order valence-electron chi connectivity index (χ2n) is 6.07. The number of nitrogens with one attached hydrogen (secondary N) is 1. The van der Waals surface area contributed by atoms with Crippen LogP contribution in [0.15, 0.2) is 34.7 Å². The van der Waals surface area contributed by atoms with E-state index in [4.69, 9.17) is 4.42 Å². The molecule has 0 atom stereocenters. The zero-order chi connectivity index (χ0) is 17.7. The number of benzene rings is 1. The summed E-state index contributed by atoms with van der Waals surface area (Å²) in [6.07, 6.45) is 1.13. The van der Waals surface area contributed by atoms with Crippen LogP contribution in [-0.4, -0.2) is 17.6 Å². The quantitative estimate of drug-likeness (QED) is 0.753. The molecule has 0 spiro atoms. The minimum Gasteiger partial charge on any atom is -0.481 e. The highest BCUT2D eigenvalue weighted by Gasteiger charge is 2.34. The minimum atomic E-state index is -0.782. The van der Waals surface area contributed by atoms with Gasteiger partial charge >= 0.3 is 5.97 Å². The van der Waals surface area contributed by atoms with Crippen molar-refractivity contribution in [1.29, 1.82) is 0 Å². The largest absolute Gasteiger partial charge is 0.481 e. The Morgan fingerprint density at radius 2 is 1.96 bits per heavy atom. The standard InChI is InChI=1S/C19H24FNO3/c1-4-19(5-2,18(22)23)12-21-11-14-9-10-17(24-14)15-7-6-8-16(20)13(15)3/h6-10,21H,4-5,11-12H2,1-3H3,(H,22,23). The van der Waals surface area contributed by atoms with Crippen LogP contribution in [-0.2, 0) is 11.3 Å². The van der Waals surface area contributed by atoms with Crippen LogP contribution >= 0.6 is 0 Å². The smallest absolute Gasteiger partial charge is 0.310 e. The zero-order valence-corrected chi connectivity index (χ0v) is 14.4. The predicted molar refractivity (Wildman–Crippen MR) is 91.2 cm³/mol. The van der Waals surface area contributed by atoms with Gasteiger partial charge in [-0.05, 0) is 43.5 Å². The summed E-state index contributed by atoms with van der Waals surface area (Å²) in [5.74, 6) is 0.260. The molecule has 2 aromatic rings. The van der Waals surface area contributed by atoms with Crippen molar-refractivity contribution in [2.45, 2.75) is 40.2 Å². The Morgan fingerprint density at radius 1 is 1.25 bits per heavy atom. The predicted octanol–water partition coefficient (Wildman–Crippen LogP) is 4.37. The van der Waals surface area contributed by atoms with Gasteiger partial charge < -0.3 is 14.8 Å². The molecule has 2 N–H and O–H groups in total. The molecular formula is C19H24FNO3. The van der Waals surface area contributed by atoms with Crippen molar-refractivity contribution >= 4 is 5.97 Å². The first-order valence-electron chi connectivity index (χ1n) is 8.22. The summed E-state index contributed by atoms with van der Waals surface area (Å²) in [6.45, 7) is 6.30. The molecule has 4 nitrogen and oxygen atoms in total. The maximum atomic E-state index is 13.6. The van der Waals surface area contributed by atoms with E-state index in [1.165, 1.54) is 6.07 Å². The first-order valence-corrected chi connectivity index (χ1v) is 8.22. The summed E-state index contributed by atoms with van der Waals surface area (Å²) in [4.78, 5) is 11.5. The average Bonchev–Trinajstić information content (AvgIpc) is 3.03. The summed E-state index contributed by atoms with van der Waals surface area (Å²) in [5, 5.41) is 12.6. The monoisotopic (exact) mass is 333 g/mol. The lowest BCUT2D eigenvalue weighted by molar-refractivity contribution is -0.149. The maximum absolute atomic E-state index is 13.6. The van der Waals surface area contributed by atoms with Crippen LogP contribution in [0.4, 0.5) is 4.39 Å². The number of hydrogen-bond acceptors (Lipinski definition) is 3. The number of carboxylic acid groups (broad SMARTS) is 1. The molecule has 0 bridgehead atoms. The van der Waals surface area contributed by atoms with Gasteiger partial charge in [-0.15, -0.1) is 0 Å². The van der Waals surface area contributed by atoms with Gasteiger partial charge in [-0.25, -0.2) is 4.39 Å². The fourth-order valence-electron chi connectivity index (χ4n) is 2.80. The Bertz CT molecular complexity index is 704. The van der Waals surface area contributed by atoms with Crippen molar-refractivity contribution in [1.82, 2.24) is 5.32 Å². The van der Waals surface area contributed by atoms with Crippen LogP contribution in [0.5, 0.6) is 0 Å². The molecule has 0 aliphatic heterocycles. The Labute approximate surface area is 141 Å². The van der Waals surface area contributed by atoms with Gasteiger partial charge in [0.25, 0.3) is 0 Å². The van der Waals surface area contributed by atoms with Crippen LogP contribution < -0.4 is 5.32 Å². The van der Waals surface area contributed by atoms with E-state index in [1.54, 1.807) is 13.0 Å². The molecule has 1 heterocycles. The fraction of sp³-hybridized carbons (Fsp3) is 0.421. The molecule has 130 valence electrons. The third-order valence-electron chi connectivity index (χ3n) is 4.76. The van der Waals surface area contributed by atoms with Crippen LogP contribution in [0.3, 0.4) is 0 Å². The lowest BCUT2D eigenvalue weighted by Crippen LogP contribution is -2.39. The molecular weight excluding hydrogens is 309 g/mol. The fourth-order valence-corrected chi connectivity index (χ4v) is 2.80. The van der Waals surface area contributed by atoms with E-state index in [9.17, 15) is 14.3 Å². The van der Waals surface area contributed by atoms with Gasteiger partial charge in [-0.3, -0.25) is 4.79 Å². The van der Waals surface area contributed by atoms with E-state index >= 15 is 0 Å². The highest BCUT2D eigenvalue weighted by molar-refractivity contribution is 5.74. The lowest BCUT2D eigenvalue weighted by Gasteiger charge is -2.26. The molecule has 0 radical (unpaired) electrons. The number of carbonyl (C=O) groups is 1. The minimum absolute atomic E-state index is 0.263. The van der Waals surface area contributed by atoms with E-state index in [-0.39, 0.29) is 5.82 Å². The number of aliphatic carboxylic acids is 1. The first-order chi connectivity index (χ1) is 11.4. The van der Waals surface area contributed by atoms with Gasteiger partial charge in [0.2, 0.25) is 0 Å². The molecule has 5 heteroatoms. The highest BCUT2D eigenvalue weighted by Crippen LogP contribution is 2.28. The summed E-state index contributed by atoms with van der Waals surface area (Å²) in [5.41, 5.74) is 0.519. The van der Waals surface area contributed by atoms with E-state index in [2.05, 4.69) is 5.32 Å². The normalized spacial score (nSPS) is 11.7. The number of hydrogen-bond donors (Lipinski definition) is 2. The van der Waals surface area contributed by atoms with Crippen LogP contribution in [0.1, 0.15) is 38.0 Å². The summed E-state index contributed by atoms with van der Waals surface area (Å²) in [7, 11) is 0. The van der Waals surface area contributed by atoms with Gasteiger partial charge in [0, 0.05) is 12.1 Å². The topological polar surface area (TPSA) is 62.5 Å². The molecule has 1 aromatic carbocycles. The highest BCUT2D eigenvalue weighted by atomic mass is 19.1. The van der Waals surface area contributed by atoms with Crippen molar-refractivity contribution in [3.8, 4) is 11.3 Å². The molecule has 0 fully saturated rings. The molecule has 0 amide bonds. The van der Waals surface area contributed by atoms with Crippen molar-refractivity contribution in [3.05, 3.63) is 47.5 Å². The Morgan fingerprint density at radius 3 is 2.58 bits per heavy atom. The van der Waals surface area contributed by atoms with Gasteiger partial charge in [0.05, 0.1) is 12.0 Å².